The molecule has 182 valence electrons. The van der Waals surface area contributed by atoms with Gasteiger partial charge < -0.3 is 24.7 Å². The molecule has 2 heterocycles. The summed E-state index contributed by atoms with van der Waals surface area (Å²) in [6, 6.07) is 28.0. The number of rotatable bonds is 8. The number of carbonyl (C=O) groups is 1. The molecule has 6 nitrogen and oxygen atoms in total. The topological polar surface area (TPSA) is 64.5 Å². The lowest BCUT2D eigenvalue weighted by Gasteiger charge is -2.13. The van der Waals surface area contributed by atoms with E-state index >= 15 is 0 Å². The number of nitrogens with one attached hydrogen (secondary N) is 2. The number of urea groups is 1. The lowest BCUT2D eigenvalue weighted by molar-refractivity contribution is 0.252. The smallest absolute Gasteiger partial charge is 0.319 e. The largest absolute Gasteiger partial charge is 0.493 e. The summed E-state index contributed by atoms with van der Waals surface area (Å²) >= 11 is 1.70. The maximum absolute atomic E-state index is 12.9. The molecule has 0 aliphatic carbocycles. The van der Waals surface area contributed by atoms with E-state index in [4.69, 9.17) is 9.47 Å². The van der Waals surface area contributed by atoms with Gasteiger partial charge in [0.25, 0.3) is 0 Å². The van der Waals surface area contributed by atoms with Crippen molar-refractivity contribution in [2.45, 2.75) is 13.1 Å². The van der Waals surface area contributed by atoms with Crippen LogP contribution in [0, 0.1) is 0 Å². The molecule has 0 saturated heterocycles. The molecule has 0 saturated carbocycles. The Morgan fingerprint density at radius 2 is 1.67 bits per heavy atom. The molecule has 0 spiro atoms. The second-order valence-corrected chi connectivity index (χ2v) is 9.22. The minimum absolute atomic E-state index is 0.292. The quantitative estimate of drug-likeness (QED) is 0.249. The number of aromatic nitrogens is 1. The first-order valence-corrected chi connectivity index (χ1v) is 12.5. The van der Waals surface area contributed by atoms with Crippen molar-refractivity contribution in [3.8, 4) is 22.1 Å². The number of methoxy groups -OCH3 is 2. The van der Waals surface area contributed by atoms with Gasteiger partial charge in [-0.2, -0.15) is 0 Å². The van der Waals surface area contributed by atoms with E-state index in [1.807, 2.05) is 12.1 Å². The molecule has 0 fully saturated rings. The normalized spacial score (nSPS) is 10.8. The minimum Gasteiger partial charge on any atom is -0.493 e. The number of thiophene rings is 1. The summed E-state index contributed by atoms with van der Waals surface area (Å²) in [5.74, 6) is 1.16. The van der Waals surface area contributed by atoms with E-state index in [1.54, 1.807) is 43.8 Å². The summed E-state index contributed by atoms with van der Waals surface area (Å²) in [5, 5.41) is 9.16. The van der Waals surface area contributed by atoms with Gasteiger partial charge in [0.2, 0.25) is 0 Å². The van der Waals surface area contributed by atoms with E-state index < -0.39 is 0 Å². The Morgan fingerprint density at radius 1 is 0.889 bits per heavy atom. The molecule has 0 unspecified atom stereocenters. The van der Waals surface area contributed by atoms with Crippen LogP contribution in [0.25, 0.3) is 21.5 Å². The van der Waals surface area contributed by atoms with Crippen molar-refractivity contribution in [1.29, 1.82) is 0 Å². The summed E-state index contributed by atoms with van der Waals surface area (Å²) in [6.07, 6.45) is 0. The molecule has 2 N–H and O–H groups in total. The number of carbonyl (C=O) groups excluding carboxylic acids is 1. The Balaban J connectivity index is 1.46. The van der Waals surface area contributed by atoms with Gasteiger partial charge >= 0.3 is 6.03 Å². The molecule has 7 heteroatoms. The van der Waals surface area contributed by atoms with E-state index in [-0.39, 0.29) is 6.03 Å². The number of fused-ring (bicyclic) bond motifs is 1. The highest BCUT2D eigenvalue weighted by atomic mass is 32.1. The number of benzene rings is 3. The van der Waals surface area contributed by atoms with E-state index in [1.165, 1.54) is 10.4 Å². The highest BCUT2D eigenvalue weighted by molar-refractivity contribution is 7.13. The first kappa shape index (κ1) is 23.5. The van der Waals surface area contributed by atoms with Crippen LogP contribution in [0.3, 0.4) is 0 Å². The van der Waals surface area contributed by atoms with Crippen LogP contribution in [0.15, 0.2) is 90.3 Å². The van der Waals surface area contributed by atoms with Crippen LogP contribution >= 0.6 is 11.3 Å². The number of anilines is 1. The molecular weight excluding hydrogens is 470 g/mol. The van der Waals surface area contributed by atoms with Crippen molar-refractivity contribution in [2.75, 3.05) is 19.5 Å². The zero-order valence-corrected chi connectivity index (χ0v) is 21.0. The molecule has 36 heavy (non-hydrogen) atoms. The first-order valence-electron chi connectivity index (χ1n) is 11.6. The highest BCUT2D eigenvalue weighted by Gasteiger charge is 2.20. The third kappa shape index (κ3) is 4.78. The van der Waals surface area contributed by atoms with Gasteiger partial charge in [0.15, 0.2) is 11.5 Å². The van der Waals surface area contributed by atoms with E-state index in [0.717, 1.165) is 28.7 Å². The molecule has 2 aromatic heterocycles. The molecule has 5 aromatic rings. The predicted molar refractivity (Wildman–Crippen MR) is 146 cm³/mol. The molecule has 3 aromatic carbocycles. The molecular formula is C29H27N3O3S. The van der Waals surface area contributed by atoms with Crippen molar-refractivity contribution in [2.24, 2.45) is 0 Å². The third-order valence-corrected chi connectivity index (χ3v) is 6.96. The van der Waals surface area contributed by atoms with Crippen LogP contribution in [0.5, 0.6) is 11.5 Å². The molecule has 0 atom stereocenters. The lowest BCUT2D eigenvalue weighted by atomic mass is 10.1. The number of ether oxygens (including phenoxy) is 2. The first-order chi connectivity index (χ1) is 17.7. The van der Waals surface area contributed by atoms with Crippen LogP contribution in [0.1, 0.15) is 11.1 Å². The average Bonchev–Trinajstić information content (AvgIpc) is 3.54. The molecule has 0 bridgehead atoms. The van der Waals surface area contributed by atoms with Gasteiger partial charge in [0, 0.05) is 41.3 Å². The van der Waals surface area contributed by atoms with Gasteiger partial charge in [-0.25, -0.2) is 4.79 Å². The van der Waals surface area contributed by atoms with Gasteiger partial charge in [-0.05, 0) is 35.2 Å². The zero-order chi connectivity index (χ0) is 24.9. The Kier molecular flexibility index (Phi) is 6.91. The molecule has 2 amide bonds. The second kappa shape index (κ2) is 10.6. The van der Waals surface area contributed by atoms with Crippen LogP contribution < -0.4 is 20.1 Å². The average molecular weight is 498 g/mol. The molecule has 0 aliphatic rings. The number of nitrogens with zero attached hydrogens (tertiary/aromatic N) is 1. The Bertz CT molecular complexity index is 1480. The van der Waals surface area contributed by atoms with Gasteiger partial charge in [-0.3, -0.25) is 0 Å². The van der Waals surface area contributed by atoms with E-state index in [0.29, 0.717) is 23.7 Å². The number of hydrogen-bond acceptors (Lipinski definition) is 4. The maximum Gasteiger partial charge on any atom is 0.319 e. The van der Waals surface area contributed by atoms with Crippen molar-refractivity contribution >= 4 is 34.0 Å². The summed E-state index contributed by atoms with van der Waals surface area (Å²) in [5.41, 5.74) is 5.20. The summed E-state index contributed by atoms with van der Waals surface area (Å²) in [4.78, 5) is 14.0. The van der Waals surface area contributed by atoms with E-state index in [9.17, 15) is 4.79 Å². The van der Waals surface area contributed by atoms with Crippen LogP contribution in [-0.4, -0.2) is 24.8 Å². The Morgan fingerprint density at radius 3 is 2.42 bits per heavy atom. The van der Waals surface area contributed by atoms with Gasteiger partial charge in [-0.15, -0.1) is 11.3 Å². The van der Waals surface area contributed by atoms with Crippen LogP contribution in [-0.2, 0) is 13.1 Å². The SMILES string of the molecule is COc1ccc(NC(=O)NCc2c(-c3cccs3)n(Cc3ccccc3)c3ccccc23)cc1OC. The minimum atomic E-state index is -0.292. The van der Waals surface area contributed by atoms with Crippen molar-refractivity contribution in [3.63, 3.8) is 0 Å². The Hall–Kier alpha value is -4.23. The zero-order valence-electron chi connectivity index (χ0n) is 20.2. The lowest BCUT2D eigenvalue weighted by Crippen LogP contribution is -2.28. The predicted octanol–water partition coefficient (Wildman–Crippen LogP) is 6.76. The monoisotopic (exact) mass is 497 g/mol. The number of amides is 2. The van der Waals surface area contributed by atoms with Gasteiger partial charge in [-0.1, -0.05) is 54.6 Å². The number of hydrogen-bond donors (Lipinski definition) is 2. The second-order valence-electron chi connectivity index (χ2n) is 8.27. The van der Waals surface area contributed by atoms with Crippen molar-refractivity contribution in [3.05, 3.63) is 101 Å². The maximum atomic E-state index is 12.9. The Labute approximate surface area is 214 Å². The molecule has 5 rings (SSSR count). The highest BCUT2D eigenvalue weighted by Crippen LogP contribution is 2.37. The summed E-state index contributed by atoms with van der Waals surface area (Å²) in [6.45, 7) is 1.13. The third-order valence-electron chi connectivity index (χ3n) is 6.08. The number of para-hydroxylation sites is 1. The summed E-state index contributed by atoms with van der Waals surface area (Å²) in [7, 11) is 3.15. The molecule has 0 aliphatic heterocycles. The van der Waals surface area contributed by atoms with Gasteiger partial charge in [0.05, 0.1) is 24.8 Å². The van der Waals surface area contributed by atoms with Crippen LogP contribution in [0.4, 0.5) is 10.5 Å². The summed E-state index contributed by atoms with van der Waals surface area (Å²) < 4.78 is 13.0. The fraction of sp³-hybridized carbons (Fsp3) is 0.138. The molecule has 0 radical (unpaired) electrons. The van der Waals surface area contributed by atoms with Crippen molar-refractivity contribution < 1.29 is 14.3 Å². The standard InChI is InChI=1S/C29H27N3O3S/c1-34-25-15-14-21(17-26(25)35-2)31-29(33)30-18-23-22-11-6-7-12-24(22)32(19-20-9-4-3-5-10-20)28(23)27-13-8-16-36-27/h3-17H,18-19H2,1-2H3,(H2,30,31,33). The fourth-order valence-electron chi connectivity index (χ4n) is 4.44. The van der Waals surface area contributed by atoms with Crippen LogP contribution in [0.2, 0.25) is 0 Å². The fourth-order valence-corrected chi connectivity index (χ4v) is 5.24. The van der Waals surface area contributed by atoms with Crippen molar-refractivity contribution in [1.82, 2.24) is 9.88 Å². The van der Waals surface area contributed by atoms with Gasteiger partial charge in [0.1, 0.15) is 0 Å². The van der Waals surface area contributed by atoms with E-state index in [2.05, 4.69) is 75.2 Å².